The second-order valence-electron chi connectivity index (χ2n) is 7.98. The summed E-state index contributed by atoms with van der Waals surface area (Å²) in [5.41, 5.74) is -0.267. The smallest absolute Gasteiger partial charge is 0.309 e. The van der Waals surface area contributed by atoms with E-state index in [9.17, 15) is 14.7 Å². The van der Waals surface area contributed by atoms with Crippen LogP contribution in [0.15, 0.2) is 24.3 Å². The number of carbonyl (C=O) groups is 2. The highest BCUT2D eigenvalue weighted by Gasteiger charge is 2.65. The number of nitrogens with zero attached hydrogens (tertiary/aromatic N) is 1. The molecule has 1 aromatic carbocycles. The number of benzene rings is 1. The molecule has 1 saturated carbocycles. The van der Waals surface area contributed by atoms with Crippen LogP contribution in [-0.2, 0) is 9.59 Å². The van der Waals surface area contributed by atoms with Crippen molar-refractivity contribution in [3.8, 4) is 0 Å². The zero-order valence-electron chi connectivity index (χ0n) is 15.6. The Hall–Kier alpha value is -1.84. The van der Waals surface area contributed by atoms with Crippen molar-refractivity contribution in [3.63, 3.8) is 0 Å². The molecule has 2 rings (SSSR count). The number of rotatable bonds is 4. The fourth-order valence-electron chi connectivity index (χ4n) is 4.02. The van der Waals surface area contributed by atoms with Crippen LogP contribution in [0.5, 0.6) is 0 Å². The number of hydrogen-bond donors (Lipinski definition) is 1. The van der Waals surface area contributed by atoms with E-state index in [-0.39, 0.29) is 5.91 Å². The molecule has 0 bridgehead atoms. The molecular weight excluding hydrogens is 302 g/mol. The Labute approximate surface area is 144 Å². The number of anilines is 1. The largest absolute Gasteiger partial charge is 0.481 e. The van der Waals surface area contributed by atoms with Gasteiger partial charge in [0.1, 0.15) is 0 Å². The summed E-state index contributed by atoms with van der Waals surface area (Å²) < 4.78 is 0. The van der Waals surface area contributed by atoms with E-state index in [1.165, 1.54) is 0 Å². The Morgan fingerprint density at radius 2 is 1.71 bits per heavy atom. The van der Waals surface area contributed by atoms with Crippen molar-refractivity contribution in [2.75, 3.05) is 11.4 Å². The third-order valence-corrected chi connectivity index (χ3v) is 6.70. The van der Waals surface area contributed by atoms with Crippen LogP contribution < -0.4 is 4.90 Å². The van der Waals surface area contributed by atoms with Crippen molar-refractivity contribution in [1.29, 1.82) is 0 Å². The van der Waals surface area contributed by atoms with E-state index in [4.69, 9.17) is 0 Å². The highest BCUT2D eigenvalue weighted by molar-refractivity contribution is 5.99. The van der Waals surface area contributed by atoms with Gasteiger partial charge in [0.15, 0.2) is 0 Å². The van der Waals surface area contributed by atoms with Gasteiger partial charge in [0.25, 0.3) is 0 Å². The maximum Gasteiger partial charge on any atom is 0.309 e. The van der Waals surface area contributed by atoms with Crippen LogP contribution in [0, 0.1) is 23.2 Å². The van der Waals surface area contributed by atoms with Crippen molar-refractivity contribution >= 4 is 17.6 Å². The summed E-state index contributed by atoms with van der Waals surface area (Å²) in [6.45, 7) is 12.1. The van der Waals surface area contributed by atoms with E-state index in [1.807, 2.05) is 58.9 Å². The molecule has 1 aromatic rings. The second kappa shape index (κ2) is 5.91. The van der Waals surface area contributed by atoms with Gasteiger partial charge in [-0.3, -0.25) is 9.59 Å². The quantitative estimate of drug-likeness (QED) is 0.896. The molecule has 2 atom stereocenters. The molecule has 24 heavy (non-hydrogen) atoms. The molecule has 1 aliphatic rings. The molecule has 0 heterocycles. The molecular formula is C20H29NO3. The Morgan fingerprint density at radius 1 is 1.12 bits per heavy atom. The molecule has 1 amide bonds. The van der Waals surface area contributed by atoms with E-state index in [0.717, 1.165) is 11.3 Å². The van der Waals surface area contributed by atoms with E-state index in [0.29, 0.717) is 19.4 Å². The summed E-state index contributed by atoms with van der Waals surface area (Å²) >= 11 is 0. The summed E-state index contributed by atoms with van der Waals surface area (Å²) in [5.74, 6) is -0.798. The molecule has 0 saturated heterocycles. The topological polar surface area (TPSA) is 57.6 Å². The molecule has 4 nitrogen and oxygen atoms in total. The van der Waals surface area contributed by atoms with Gasteiger partial charge in [-0.1, -0.05) is 32.9 Å². The van der Waals surface area contributed by atoms with Gasteiger partial charge in [-0.15, -0.1) is 0 Å². The third-order valence-electron chi connectivity index (χ3n) is 6.70. The lowest BCUT2D eigenvalue weighted by Gasteiger charge is -2.45. The standard InChI is InChI=1S/C20H29NO3/c1-7-21(15-10-8-9-14(2)13-15)16(22)19(5)11-12-20(6,17(23)24)18(19,3)4/h8-10,13H,7,11-12H2,1-6H3,(H,23,24). The summed E-state index contributed by atoms with van der Waals surface area (Å²) in [6.07, 6.45) is 1.10. The fraction of sp³-hybridized carbons (Fsp3) is 0.600. The first-order valence-corrected chi connectivity index (χ1v) is 8.63. The van der Waals surface area contributed by atoms with Crippen LogP contribution >= 0.6 is 0 Å². The Kier molecular flexibility index (Phi) is 4.55. The number of hydrogen-bond acceptors (Lipinski definition) is 2. The normalized spacial score (nSPS) is 28.6. The SMILES string of the molecule is CCN(C(=O)C1(C)CCC(C)(C(=O)O)C1(C)C)c1cccc(C)c1. The number of carbonyl (C=O) groups excluding carboxylic acids is 1. The van der Waals surface area contributed by atoms with Crippen LogP contribution in [0.2, 0.25) is 0 Å². The van der Waals surface area contributed by atoms with E-state index in [2.05, 4.69) is 0 Å². The number of aliphatic carboxylic acids is 1. The van der Waals surface area contributed by atoms with Crippen molar-refractivity contribution in [3.05, 3.63) is 29.8 Å². The van der Waals surface area contributed by atoms with Gasteiger partial charge in [-0.05, 0) is 56.7 Å². The van der Waals surface area contributed by atoms with Crippen molar-refractivity contribution in [2.45, 2.75) is 54.4 Å². The summed E-state index contributed by atoms with van der Waals surface area (Å²) in [6, 6.07) is 7.90. The van der Waals surface area contributed by atoms with Gasteiger partial charge in [0, 0.05) is 12.2 Å². The van der Waals surface area contributed by atoms with Crippen LogP contribution in [-0.4, -0.2) is 23.5 Å². The Morgan fingerprint density at radius 3 is 2.17 bits per heavy atom. The molecule has 1 aliphatic carbocycles. The van der Waals surface area contributed by atoms with Crippen LogP contribution in [0.1, 0.15) is 53.0 Å². The molecule has 132 valence electrons. The van der Waals surface area contributed by atoms with Gasteiger partial charge < -0.3 is 10.0 Å². The third kappa shape index (κ3) is 2.43. The predicted molar refractivity (Wildman–Crippen MR) is 96.1 cm³/mol. The highest BCUT2D eigenvalue weighted by Crippen LogP contribution is 2.63. The average Bonchev–Trinajstić information content (AvgIpc) is 2.70. The van der Waals surface area contributed by atoms with Gasteiger partial charge in [-0.2, -0.15) is 0 Å². The molecule has 2 unspecified atom stereocenters. The first kappa shape index (κ1) is 18.5. The van der Waals surface area contributed by atoms with E-state index in [1.54, 1.807) is 11.8 Å². The minimum Gasteiger partial charge on any atom is -0.481 e. The summed E-state index contributed by atoms with van der Waals surface area (Å²) in [7, 11) is 0. The number of carboxylic acid groups (broad SMARTS) is 1. The summed E-state index contributed by atoms with van der Waals surface area (Å²) in [4.78, 5) is 27.1. The summed E-state index contributed by atoms with van der Waals surface area (Å²) in [5, 5.41) is 9.75. The molecule has 0 radical (unpaired) electrons. The maximum atomic E-state index is 13.5. The Balaban J connectivity index is 2.46. The zero-order valence-corrected chi connectivity index (χ0v) is 15.6. The molecule has 4 heteroatoms. The number of aryl methyl sites for hydroxylation is 1. The lowest BCUT2D eigenvalue weighted by atomic mass is 9.59. The van der Waals surface area contributed by atoms with Crippen molar-refractivity contribution in [2.24, 2.45) is 16.2 Å². The first-order valence-electron chi connectivity index (χ1n) is 8.63. The molecule has 1 N–H and O–H groups in total. The highest BCUT2D eigenvalue weighted by atomic mass is 16.4. The lowest BCUT2D eigenvalue weighted by Crippen LogP contribution is -2.53. The second-order valence-corrected chi connectivity index (χ2v) is 7.98. The molecule has 0 aromatic heterocycles. The van der Waals surface area contributed by atoms with Gasteiger partial charge >= 0.3 is 5.97 Å². The molecule has 0 aliphatic heterocycles. The van der Waals surface area contributed by atoms with Crippen molar-refractivity contribution < 1.29 is 14.7 Å². The minimum atomic E-state index is -0.899. The van der Waals surface area contributed by atoms with Crippen LogP contribution in [0.4, 0.5) is 5.69 Å². The first-order chi connectivity index (χ1) is 11.0. The average molecular weight is 331 g/mol. The molecule has 0 spiro atoms. The Bertz CT molecular complexity index is 667. The monoisotopic (exact) mass is 331 g/mol. The maximum absolute atomic E-state index is 13.5. The van der Waals surface area contributed by atoms with Gasteiger partial charge in [-0.25, -0.2) is 0 Å². The van der Waals surface area contributed by atoms with Crippen LogP contribution in [0.3, 0.4) is 0 Å². The lowest BCUT2D eigenvalue weighted by molar-refractivity contribution is -0.158. The minimum absolute atomic E-state index is 0.0191. The number of carboxylic acids is 1. The molecule has 1 fully saturated rings. The van der Waals surface area contributed by atoms with Crippen LogP contribution in [0.25, 0.3) is 0 Å². The van der Waals surface area contributed by atoms with Gasteiger partial charge in [0.2, 0.25) is 5.91 Å². The van der Waals surface area contributed by atoms with Gasteiger partial charge in [0.05, 0.1) is 10.8 Å². The van der Waals surface area contributed by atoms with E-state index < -0.39 is 22.2 Å². The zero-order chi connectivity index (χ0) is 18.3. The fourth-order valence-corrected chi connectivity index (χ4v) is 4.02. The van der Waals surface area contributed by atoms with E-state index >= 15 is 0 Å². The number of amides is 1. The predicted octanol–water partition coefficient (Wildman–Crippen LogP) is 4.27. The van der Waals surface area contributed by atoms with Crippen molar-refractivity contribution in [1.82, 2.24) is 0 Å².